The molecular weight excluding hydrogens is 368 g/mol. The average molecular weight is 407 g/mol. The first-order valence-corrected chi connectivity index (χ1v) is 10.8. The van der Waals surface area contributed by atoms with Crippen molar-refractivity contribution in [1.82, 2.24) is 35.2 Å². The van der Waals surface area contributed by atoms with Gasteiger partial charge in [-0.05, 0) is 19.8 Å². The number of carbonyl (C=O) groups excluding carboxylic acids is 1. The quantitative estimate of drug-likeness (QED) is 0.461. The molecule has 1 aromatic rings. The van der Waals surface area contributed by atoms with Crippen molar-refractivity contribution in [2.45, 2.75) is 53.6 Å². The minimum Gasteiger partial charge on any atom is -0.354 e. The number of guanidine groups is 1. The summed E-state index contributed by atoms with van der Waals surface area (Å²) in [4.78, 5) is 21.3. The Morgan fingerprint density at radius 1 is 1.21 bits per heavy atom. The minimum atomic E-state index is 0.0981. The van der Waals surface area contributed by atoms with Gasteiger partial charge in [0.15, 0.2) is 5.96 Å². The lowest BCUT2D eigenvalue weighted by Crippen LogP contribution is -2.54. The van der Waals surface area contributed by atoms with Crippen molar-refractivity contribution >= 4 is 11.9 Å². The summed E-state index contributed by atoms with van der Waals surface area (Å²) in [7, 11) is 0. The monoisotopic (exact) mass is 406 g/mol. The SMILES string of the molecule is CCc1nncn1CCNC(=NCC(C)C)N1CCN(CC(=O)NC(C)C)CC1. The lowest BCUT2D eigenvalue weighted by molar-refractivity contribution is -0.123. The van der Waals surface area contributed by atoms with Gasteiger partial charge in [0.05, 0.1) is 6.54 Å². The smallest absolute Gasteiger partial charge is 0.234 e. The predicted molar refractivity (Wildman–Crippen MR) is 116 cm³/mol. The zero-order valence-electron chi connectivity index (χ0n) is 18.7. The Hall–Kier alpha value is -2.16. The summed E-state index contributed by atoms with van der Waals surface area (Å²) in [6.07, 6.45) is 2.66. The number of aromatic nitrogens is 3. The van der Waals surface area contributed by atoms with Crippen molar-refractivity contribution in [1.29, 1.82) is 0 Å². The van der Waals surface area contributed by atoms with Crippen molar-refractivity contribution in [3.05, 3.63) is 12.2 Å². The van der Waals surface area contributed by atoms with Crippen LogP contribution in [-0.2, 0) is 17.8 Å². The van der Waals surface area contributed by atoms with Gasteiger partial charge in [0, 0.05) is 58.3 Å². The second-order valence-electron chi connectivity index (χ2n) is 8.26. The van der Waals surface area contributed by atoms with Crippen LogP contribution in [-0.4, -0.2) is 88.3 Å². The molecule has 0 saturated carbocycles. The van der Waals surface area contributed by atoms with Crippen molar-refractivity contribution in [3.8, 4) is 0 Å². The Kier molecular flexibility index (Phi) is 9.37. The van der Waals surface area contributed by atoms with Gasteiger partial charge in [0.1, 0.15) is 12.2 Å². The van der Waals surface area contributed by atoms with E-state index < -0.39 is 0 Å². The number of rotatable bonds is 9. The topological polar surface area (TPSA) is 90.7 Å². The first-order valence-electron chi connectivity index (χ1n) is 10.8. The molecule has 2 N–H and O–H groups in total. The van der Waals surface area contributed by atoms with E-state index >= 15 is 0 Å². The van der Waals surface area contributed by atoms with Crippen LogP contribution in [0.3, 0.4) is 0 Å². The number of aryl methyl sites for hydroxylation is 1. The molecule has 0 atom stereocenters. The van der Waals surface area contributed by atoms with E-state index in [1.54, 1.807) is 6.33 Å². The molecule has 164 valence electrons. The highest BCUT2D eigenvalue weighted by Crippen LogP contribution is 2.04. The predicted octanol–water partition coefficient (Wildman–Crippen LogP) is 0.584. The van der Waals surface area contributed by atoms with Crippen LogP contribution in [0.2, 0.25) is 0 Å². The molecular formula is C20H38N8O. The molecule has 0 aliphatic carbocycles. The molecule has 1 aliphatic rings. The van der Waals surface area contributed by atoms with Gasteiger partial charge in [-0.15, -0.1) is 10.2 Å². The number of carbonyl (C=O) groups is 1. The van der Waals surface area contributed by atoms with E-state index in [1.807, 2.05) is 13.8 Å². The molecule has 1 aromatic heterocycles. The maximum Gasteiger partial charge on any atom is 0.234 e. The molecule has 0 unspecified atom stereocenters. The van der Waals surface area contributed by atoms with Crippen LogP contribution in [0.1, 0.15) is 40.4 Å². The zero-order chi connectivity index (χ0) is 21.2. The van der Waals surface area contributed by atoms with Gasteiger partial charge in [0.25, 0.3) is 0 Å². The molecule has 0 radical (unpaired) electrons. The summed E-state index contributed by atoms with van der Waals surface area (Å²) in [5.74, 6) is 2.56. The van der Waals surface area contributed by atoms with Crippen LogP contribution in [0, 0.1) is 5.92 Å². The molecule has 2 rings (SSSR count). The summed E-state index contributed by atoms with van der Waals surface area (Å²) in [6.45, 7) is 16.7. The van der Waals surface area contributed by atoms with Gasteiger partial charge in [-0.25, -0.2) is 0 Å². The van der Waals surface area contributed by atoms with E-state index in [9.17, 15) is 4.79 Å². The molecule has 9 heteroatoms. The van der Waals surface area contributed by atoms with E-state index in [1.165, 1.54) is 0 Å². The number of nitrogens with one attached hydrogen (secondary N) is 2. The number of piperazine rings is 1. The molecule has 0 bridgehead atoms. The lowest BCUT2D eigenvalue weighted by atomic mass is 10.2. The van der Waals surface area contributed by atoms with Crippen molar-refractivity contribution in [2.75, 3.05) is 45.8 Å². The second-order valence-corrected chi connectivity index (χ2v) is 8.26. The van der Waals surface area contributed by atoms with E-state index in [0.29, 0.717) is 12.5 Å². The van der Waals surface area contributed by atoms with Crippen LogP contribution < -0.4 is 10.6 Å². The summed E-state index contributed by atoms with van der Waals surface area (Å²) in [5, 5.41) is 14.6. The highest BCUT2D eigenvalue weighted by atomic mass is 16.2. The number of hydrogen-bond donors (Lipinski definition) is 2. The highest BCUT2D eigenvalue weighted by molar-refractivity contribution is 5.80. The van der Waals surface area contributed by atoms with Gasteiger partial charge in [-0.3, -0.25) is 14.7 Å². The molecule has 29 heavy (non-hydrogen) atoms. The summed E-state index contributed by atoms with van der Waals surface area (Å²) < 4.78 is 2.08. The van der Waals surface area contributed by atoms with E-state index in [4.69, 9.17) is 4.99 Å². The largest absolute Gasteiger partial charge is 0.354 e. The Balaban J connectivity index is 1.86. The number of hydrogen-bond acceptors (Lipinski definition) is 5. The van der Waals surface area contributed by atoms with Crippen LogP contribution in [0.4, 0.5) is 0 Å². The standard InChI is InChI=1S/C20H38N8O/c1-6-18-25-23-15-28(18)8-7-21-20(22-13-16(2)3)27-11-9-26(10-12-27)14-19(29)24-17(4)5/h15-17H,6-14H2,1-5H3,(H,21,22)(H,24,29). The lowest BCUT2D eigenvalue weighted by Gasteiger charge is -2.36. The van der Waals surface area contributed by atoms with Crippen molar-refractivity contribution < 1.29 is 4.79 Å². The van der Waals surface area contributed by atoms with Gasteiger partial charge in [-0.1, -0.05) is 20.8 Å². The van der Waals surface area contributed by atoms with Crippen LogP contribution >= 0.6 is 0 Å². The van der Waals surface area contributed by atoms with Crippen LogP contribution in [0.25, 0.3) is 0 Å². The number of amides is 1. The molecule has 0 spiro atoms. The molecule has 9 nitrogen and oxygen atoms in total. The third kappa shape index (κ3) is 8.00. The fourth-order valence-electron chi connectivity index (χ4n) is 3.25. The number of aliphatic imine (C=N–C) groups is 1. The Bertz CT molecular complexity index is 647. The first-order chi connectivity index (χ1) is 13.9. The normalized spacial score (nSPS) is 16.0. The van der Waals surface area contributed by atoms with Crippen molar-refractivity contribution in [2.24, 2.45) is 10.9 Å². The molecule has 1 aliphatic heterocycles. The van der Waals surface area contributed by atoms with Crippen LogP contribution in [0.15, 0.2) is 11.3 Å². The fraction of sp³-hybridized carbons (Fsp3) is 0.800. The zero-order valence-corrected chi connectivity index (χ0v) is 18.7. The number of nitrogens with zero attached hydrogens (tertiary/aromatic N) is 6. The average Bonchev–Trinajstić information content (AvgIpc) is 3.12. The summed E-state index contributed by atoms with van der Waals surface area (Å²) >= 11 is 0. The first kappa shape index (κ1) is 23.1. The Morgan fingerprint density at radius 3 is 2.55 bits per heavy atom. The third-order valence-electron chi connectivity index (χ3n) is 4.74. The molecule has 0 aromatic carbocycles. The Morgan fingerprint density at radius 2 is 1.93 bits per heavy atom. The molecule has 2 heterocycles. The summed E-state index contributed by atoms with van der Waals surface area (Å²) in [5.41, 5.74) is 0. The van der Waals surface area contributed by atoms with Gasteiger partial charge >= 0.3 is 0 Å². The fourth-order valence-corrected chi connectivity index (χ4v) is 3.25. The van der Waals surface area contributed by atoms with Gasteiger partial charge in [0.2, 0.25) is 5.91 Å². The van der Waals surface area contributed by atoms with E-state index in [-0.39, 0.29) is 11.9 Å². The second kappa shape index (κ2) is 11.7. The van der Waals surface area contributed by atoms with Gasteiger partial charge in [-0.2, -0.15) is 0 Å². The van der Waals surface area contributed by atoms with E-state index in [2.05, 4.69) is 56.0 Å². The minimum absolute atomic E-state index is 0.0981. The van der Waals surface area contributed by atoms with Crippen molar-refractivity contribution in [3.63, 3.8) is 0 Å². The summed E-state index contributed by atoms with van der Waals surface area (Å²) in [6, 6.07) is 0.182. The van der Waals surface area contributed by atoms with Crippen LogP contribution in [0.5, 0.6) is 0 Å². The maximum absolute atomic E-state index is 12.0. The third-order valence-corrected chi connectivity index (χ3v) is 4.74. The van der Waals surface area contributed by atoms with E-state index in [0.717, 1.165) is 64.0 Å². The molecule has 1 amide bonds. The maximum atomic E-state index is 12.0. The van der Waals surface area contributed by atoms with Gasteiger partial charge < -0.3 is 20.1 Å². The molecule has 1 saturated heterocycles. The Labute approximate surface area is 174 Å². The molecule has 1 fully saturated rings. The highest BCUT2D eigenvalue weighted by Gasteiger charge is 2.21.